The minimum absolute atomic E-state index is 0.152. The van der Waals surface area contributed by atoms with E-state index >= 15 is 0 Å². The van der Waals surface area contributed by atoms with Crippen LogP contribution in [0.1, 0.15) is 23.6 Å². The molecule has 1 fully saturated rings. The fourth-order valence-electron chi connectivity index (χ4n) is 4.07. The maximum atomic E-state index is 13.5. The van der Waals surface area contributed by atoms with Crippen LogP contribution in [-0.4, -0.2) is 52.9 Å². The molecule has 0 radical (unpaired) electrons. The number of anilines is 2. The number of fused-ring (bicyclic) bond motifs is 1. The Balaban J connectivity index is 1.79. The molecular weight excluding hydrogens is 428 g/mol. The minimum Gasteiger partial charge on any atom is -0.353 e. The number of hydrogen-bond acceptors (Lipinski definition) is 6. The summed E-state index contributed by atoms with van der Waals surface area (Å²) in [4.78, 5) is 35.7. The molecule has 1 amide bonds. The molecule has 174 valence electrons. The average molecular weight is 457 g/mol. The molecule has 0 aliphatic carbocycles. The molecule has 0 bridgehead atoms. The molecule has 8 heteroatoms. The highest BCUT2D eigenvalue weighted by Gasteiger charge is 2.23. The van der Waals surface area contributed by atoms with Gasteiger partial charge in [0.05, 0.1) is 5.56 Å². The van der Waals surface area contributed by atoms with E-state index in [1.807, 2.05) is 38.1 Å². The largest absolute Gasteiger partial charge is 0.353 e. The summed E-state index contributed by atoms with van der Waals surface area (Å²) in [5.41, 5.74) is 2.87. The van der Waals surface area contributed by atoms with Crippen molar-refractivity contribution in [3.05, 3.63) is 75.2 Å². The number of pyridine rings is 1. The van der Waals surface area contributed by atoms with Gasteiger partial charge in [-0.25, -0.2) is 4.98 Å². The summed E-state index contributed by atoms with van der Waals surface area (Å²) >= 11 is 0. The van der Waals surface area contributed by atoms with Gasteiger partial charge in [0.1, 0.15) is 23.1 Å². The Hall–Kier alpha value is -3.96. The van der Waals surface area contributed by atoms with E-state index in [0.717, 1.165) is 30.8 Å². The fraction of sp³-hybridized carbons (Fsp3) is 0.308. The van der Waals surface area contributed by atoms with E-state index < -0.39 is 5.91 Å². The topological polar surface area (TPSA) is 93.7 Å². The van der Waals surface area contributed by atoms with Crippen LogP contribution < -0.4 is 15.8 Å². The van der Waals surface area contributed by atoms with Crippen LogP contribution in [0.15, 0.2) is 53.0 Å². The monoisotopic (exact) mass is 456 g/mol. The van der Waals surface area contributed by atoms with Crippen molar-refractivity contribution >= 4 is 29.1 Å². The summed E-state index contributed by atoms with van der Waals surface area (Å²) in [5.74, 6) is -0.0622. The first-order valence-corrected chi connectivity index (χ1v) is 11.4. The zero-order valence-electron chi connectivity index (χ0n) is 19.7. The molecule has 0 atom stereocenters. The van der Waals surface area contributed by atoms with Gasteiger partial charge in [-0.2, -0.15) is 5.26 Å². The highest BCUT2D eigenvalue weighted by molar-refractivity contribution is 6.10. The Bertz CT molecular complexity index is 1340. The molecule has 0 spiro atoms. The molecule has 1 saturated heterocycles. The van der Waals surface area contributed by atoms with Crippen molar-refractivity contribution < 1.29 is 4.79 Å². The number of benzene rings is 1. The summed E-state index contributed by atoms with van der Waals surface area (Å²) in [6.07, 6.45) is 3.03. The van der Waals surface area contributed by atoms with Gasteiger partial charge in [0, 0.05) is 38.1 Å². The number of rotatable bonds is 5. The molecule has 1 N–H and O–H groups in total. The molecule has 3 aromatic rings. The van der Waals surface area contributed by atoms with Gasteiger partial charge in [0.15, 0.2) is 0 Å². The lowest BCUT2D eigenvalue weighted by atomic mass is 10.1. The Labute approximate surface area is 198 Å². The average Bonchev–Trinajstić information content (AvgIpc) is 2.85. The lowest BCUT2D eigenvalue weighted by Gasteiger charge is -2.35. The molecule has 34 heavy (non-hydrogen) atoms. The molecule has 2 aromatic heterocycles. The van der Waals surface area contributed by atoms with Gasteiger partial charge >= 0.3 is 0 Å². The lowest BCUT2D eigenvalue weighted by Crippen LogP contribution is -2.47. The van der Waals surface area contributed by atoms with Crippen LogP contribution in [-0.2, 0) is 4.79 Å². The Morgan fingerprint density at radius 3 is 2.50 bits per heavy atom. The van der Waals surface area contributed by atoms with Gasteiger partial charge < -0.3 is 15.1 Å². The lowest BCUT2D eigenvalue weighted by molar-refractivity contribution is -0.112. The van der Waals surface area contributed by atoms with Crippen LogP contribution in [0, 0.1) is 25.2 Å². The first kappa shape index (κ1) is 23.2. The van der Waals surface area contributed by atoms with Gasteiger partial charge in [0.25, 0.3) is 11.5 Å². The number of aromatic nitrogens is 2. The second-order valence-corrected chi connectivity index (χ2v) is 8.45. The van der Waals surface area contributed by atoms with Crippen molar-refractivity contribution in [1.29, 1.82) is 5.26 Å². The van der Waals surface area contributed by atoms with E-state index in [2.05, 4.69) is 22.0 Å². The van der Waals surface area contributed by atoms with Gasteiger partial charge in [-0.3, -0.25) is 14.0 Å². The summed E-state index contributed by atoms with van der Waals surface area (Å²) in [7, 11) is 0. The fourth-order valence-corrected chi connectivity index (χ4v) is 4.07. The van der Waals surface area contributed by atoms with E-state index in [-0.39, 0.29) is 16.7 Å². The molecule has 0 unspecified atom stereocenters. The Kier molecular flexibility index (Phi) is 6.75. The number of piperazine rings is 1. The van der Waals surface area contributed by atoms with Crippen LogP contribution in [0.5, 0.6) is 0 Å². The number of carbonyl (C=O) groups excluding carboxylic acids is 1. The smallest absolute Gasteiger partial charge is 0.267 e. The summed E-state index contributed by atoms with van der Waals surface area (Å²) < 4.78 is 1.47. The third-order valence-corrected chi connectivity index (χ3v) is 6.15. The van der Waals surface area contributed by atoms with Gasteiger partial charge in [-0.15, -0.1) is 0 Å². The zero-order chi connectivity index (χ0) is 24.2. The van der Waals surface area contributed by atoms with Gasteiger partial charge in [-0.05, 0) is 50.2 Å². The van der Waals surface area contributed by atoms with E-state index in [0.29, 0.717) is 30.2 Å². The van der Waals surface area contributed by atoms with Crippen molar-refractivity contribution in [2.24, 2.45) is 0 Å². The molecule has 8 nitrogen and oxygen atoms in total. The molecule has 4 rings (SSSR count). The number of hydrogen-bond donors (Lipinski definition) is 1. The highest BCUT2D eigenvalue weighted by Crippen LogP contribution is 2.22. The van der Waals surface area contributed by atoms with Crippen LogP contribution in [0.4, 0.5) is 11.5 Å². The Morgan fingerprint density at radius 1 is 1.15 bits per heavy atom. The number of nitriles is 1. The van der Waals surface area contributed by atoms with Crippen molar-refractivity contribution in [2.75, 3.05) is 42.9 Å². The molecule has 1 aliphatic rings. The number of amides is 1. The number of nitrogens with one attached hydrogen (secondary N) is 1. The molecule has 0 saturated carbocycles. The van der Waals surface area contributed by atoms with Crippen molar-refractivity contribution in [1.82, 2.24) is 14.3 Å². The summed E-state index contributed by atoms with van der Waals surface area (Å²) in [6, 6.07) is 13.0. The maximum absolute atomic E-state index is 13.5. The number of carbonyl (C=O) groups is 1. The van der Waals surface area contributed by atoms with E-state index in [4.69, 9.17) is 4.98 Å². The third kappa shape index (κ3) is 4.70. The van der Waals surface area contributed by atoms with Gasteiger partial charge in [0.2, 0.25) is 0 Å². The van der Waals surface area contributed by atoms with Crippen LogP contribution in [0.2, 0.25) is 0 Å². The quantitative estimate of drug-likeness (QED) is 0.469. The number of aryl methyl sites for hydroxylation is 2. The van der Waals surface area contributed by atoms with Crippen molar-refractivity contribution in [2.45, 2.75) is 20.8 Å². The SMILES string of the molecule is CCN1CCN(c2nc3c(C)cccn3c(=O)c2C=C(C#N)C(=O)Nc2ccc(C)cc2)CC1. The standard InChI is InChI=1S/C26H28N6O2/c1-4-30-12-14-31(15-13-30)24-22(26(34)32-11-5-6-19(3)23(32)29-24)16-20(17-27)25(33)28-21-9-7-18(2)8-10-21/h5-11,16H,4,12-15H2,1-3H3,(H,28,33). The molecular formula is C26H28N6O2. The van der Waals surface area contributed by atoms with E-state index in [1.54, 1.807) is 24.4 Å². The van der Waals surface area contributed by atoms with E-state index in [9.17, 15) is 14.9 Å². The zero-order valence-corrected chi connectivity index (χ0v) is 19.7. The van der Waals surface area contributed by atoms with Crippen molar-refractivity contribution in [3.63, 3.8) is 0 Å². The van der Waals surface area contributed by atoms with Crippen LogP contribution in [0.25, 0.3) is 11.7 Å². The molecule has 1 aromatic carbocycles. The van der Waals surface area contributed by atoms with E-state index in [1.165, 1.54) is 10.5 Å². The Morgan fingerprint density at radius 2 is 1.85 bits per heavy atom. The predicted octanol–water partition coefficient (Wildman–Crippen LogP) is 3.00. The van der Waals surface area contributed by atoms with Crippen molar-refractivity contribution in [3.8, 4) is 6.07 Å². The first-order valence-electron chi connectivity index (χ1n) is 11.4. The van der Waals surface area contributed by atoms with Crippen LogP contribution in [0.3, 0.4) is 0 Å². The molecule has 1 aliphatic heterocycles. The maximum Gasteiger partial charge on any atom is 0.267 e. The van der Waals surface area contributed by atoms with Gasteiger partial charge in [-0.1, -0.05) is 30.7 Å². The first-order chi connectivity index (χ1) is 16.4. The number of nitrogens with zero attached hydrogens (tertiary/aromatic N) is 5. The second-order valence-electron chi connectivity index (χ2n) is 8.45. The predicted molar refractivity (Wildman–Crippen MR) is 134 cm³/mol. The minimum atomic E-state index is -0.568. The summed E-state index contributed by atoms with van der Waals surface area (Å²) in [5, 5.41) is 12.5. The highest BCUT2D eigenvalue weighted by atomic mass is 16.1. The van der Waals surface area contributed by atoms with Crippen LogP contribution >= 0.6 is 0 Å². The second kappa shape index (κ2) is 9.89. The number of likely N-dealkylation sites (N-methyl/N-ethyl adjacent to an activating group) is 1. The normalized spacial score (nSPS) is 14.8. The molecule has 3 heterocycles. The summed E-state index contributed by atoms with van der Waals surface area (Å²) in [6.45, 7) is 10.1. The third-order valence-electron chi connectivity index (χ3n) is 6.15.